The van der Waals surface area contributed by atoms with Gasteiger partial charge in [0.05, 0.1) is 0 Å². The lowest BCUT2D eigenvalue weighted by atomic mass is 9.98. The quantitative estimate of drug-likeness (QED) is 0.683. The molecule has 0 radical (unpaired) electrons. The number of nitrogens with one attached hydrogen (secondary N) is 1. The smallest absolute Gasteiger partial charge is 0.246 e. The zero-order valence-electron chi connectivity index (χ0n) is 12.2. The highest BCUT2D eigenvalue weighted by atomic mass is 16.2. The van der Waals surface area contributed by atoms with Crippen LogP contribution >= 0.6 is 0 Å². The van der Waals surface area contributed by atoms with Crippen LogP contribution in [0.5, 0.6) is 0 Å². The summed E-state index contributed by atoms with van der Waals surface area (Å²) in [4.78, 5) is 41.8. The summed E-state index contributed by atoms with van der Waals surface area (Å²) in [6.07, 6.45) is 2.66. The Morgan fingerprint density at radius 3 is 2.67 bits per heavy atom. The molecule has 3 aliphatic rings. The maximum absolute atomic E-state index is 12.5. The van der Waals surface area contributed by atoms with E-state index in [2.05, 4.69) is 5.32 Å². The lowest BCUT2D eigenvalue weighted by molar-refractivity contribution is -0.159. The van der Waals surface area contributed by atoms with Crippen molar-refractivity contribution in [3.05, 3.63) is 0 Å². The Hall–Kier alpha value is -1.63. The van der Waals surface area contributed by atoms with Crippen LogP contribution in [-0.2, 0) is 14.4 Å². The van der Waals surface area contributed by atoms with Crippen molar-refractivity contribution < 1.29 is 14.4 Å². The van der Waals surface area contributed by atoms with Crippen LogP contribution in [0.2, 0.25) is 0 Å². The third-order valence-corrected chi connectivity index (χ3v) is 4.54. The predicted octanol–water partition coefficient (Wildman–Crippen LogP) is -1.36. The fourth-order valence-electron chi connectivity index (χ4n) is 3.34. The van der Waals surface area contributed by atoms with Gasteiger partial charge in [0.15, 0.2) is 0 Å². The van der Waals surface area contributed by atoms with Gasteiger partial charge >= 0.3 is 0 Å². The number of carbonyl (C=O) groups is 3. The first-order valence-electron chi connectivity index (χ1n) is 7.73. The van der Waals surface area contributed by atoms with E-state index in [0.717, 1.165) is 32.4 Å². The number of piperazine rings is 2. The van der Waals surface area contributed by atoms with E-state index in [1.165, 1.54) is 4.90 Å². The molecule has 0 spiro atoms. The zero-order valence-corrected chi connectivity index (χ0v) is 12.2. The average molecular weight is 294 g/mol. The van der Waals surface area contributed by atoms with Crippen LogP contribution in [-0.4, -0.2) is 84.3 Å². The summed E-state index contributed by atoms with van der Waals surface area (Å²) >= 11 is 0. The van der Waals surface area contributed by atoms with Crippen LogP contribution in [0.25, 0.3) is 0 Å². The molecule has 7 heteroatoms. The number of nitrogens with zero attached hydrogens (tertiary/aromatic N) is 3. The van der Waals surface area contributed by atoms with Gasteiger partial charge in [0.2, 0.25) is 17.7 Å². The number of rotatable bonds is 2. The van der Waals surface area contributed by atoms with Crippen molar-refractivity contribution >= 4 is 17.7 Å². The van der Waals surface area contributed by atoms with Gasteiger partial charge in [-0.3, -0.25) is 14.4 Å². The Balaban J connectivity index is 1.63. The van der Waals surface area contributed by atoms with E-state index >= 15 is 0 Å². The van der Waals surface area contributed by atoms with Crippen LogP contribution in [0.15, 0.2) is 0 Å². The monoisotopic (exact) mass is 294 g/mol. The normalized spacial score (nSPS) is 26.9. The van der Waals surface area contributed by atoms with Crippen LogP contribution < -0.4 is 5.32 Å². The highest BCUT2D eigenvalue weighted by Gasteiger charge is 2.41. The minimum atomic E-state index is -0.337. The average Bonchev–Trinajstić information content (AvgIpc) is 2.53. The van der Waals surface area contributed by atoms with E-state index in [-0.39, 0.29) is 36.9 Å². The van der Waals surface area contributed by atoms with Crippen LogP contribution in [0.4, 0.5) is 0 Å². The molecule has 0 aromatic rings. The van der Waals surface area contributed by atoms with Crippen molar-refractivity contribution in [2.75, 3.05) is 45.8 Å². The van der Waals surface area contributed by atoms with Crippen LogP contribution in [0, 0.1) is 0 Å². The van der Waals surface area contributed by atoms with Crippen molar-refractivity contribution in [2.45, 2.75) is 25.3 Å². The molecular weight excluding hydrogens is 272 g/mol. The van der Waals surface area contributed by atoms with Crippen LogP contribution in [0.3, 0.4) is 0 Å². The van der Waals surface area contributed by atoms with E-state index < -0.39 is 0 Å². The van der Waals surface area contributed by atoms with E-state index in [0.29, 0.717) is 19.6 Å². The molecule has 1 unspecified atom stereocenters. The number of piperidine rings is 1. The van der Waals surface area contributed by atoms with Gasteiger partial charge in [-0.15, -0.1) is 0 Å². The Morgan fingerprint density at radius 1 is 1.14 bits per heavy atom. The molecule has 0 bridgehead atoms. The third-order valence-electron chi connectivity index (χ3n) is 4.54. The van der Waals surface area contributed by atoms with Crippen LogP contribution in [0.1, 0.15) is 19.3 Å². The highest BCUT2D eigenvalue weighted by molar-refractivity contribution is 5.97. The molecule has 7 nitrogen and oxygen atoms in total. The fraction of sp³-hybridized carbons (Fsp3) is 0.786. The lowest BCUT2D eigenvalue weighted by Gasteiger charge is -2.43. The molecule has 3 amide bonds. The molecule has 116 valence electrons. The first-order valence-corrected chi connectivity index (χ1v) is 7.73. The maximum atomic E-state index is 12.5. The molecule has 3 fully saturated rings. The first-order chi connectivity index (χ1) is 10.2. The molecule has 0 aliphatic carbocycles. The SMILES string of the molecule is O=C(CN1CC(=O)N2CCCCC2C1=O)N1CCNCC1. The number of carbonyl (C=O) groups excluding carboxylic acids is 3. The van der Waals surface area contributed by atoms with E-state index in [1.54, 1.807) is 9.80 Å². The largest absolute Gasteiger partial charge is 0.339 e. The summed E-state index contributed by atoms with van der Waals surface area (Å²) in [7, 11) is 0. The van der Waals surface area contributed by atoms with E-state index in [9.17, 15) is 14.4 Å². The molecule has 3 aliphatic heterocycles. The third kappa shape index (κ3) is 2.88. The van der Waals surface area contributed by atoms with Gasteiger partial charge in [0, 0.05) is 32.7 Å². The Kier molecular flexibility index (Phi) is 4.10. The molecule has 3 saturated heterocycles. The number of hydrogen-bond donors (Lipinski definition) is 1. The summed E-state index contributed by atoms with van der Waals surface area (Å²) < 4.78 is 0. The predicted molar refractivity (Wildman–Crippen MR) is 75.4 cm³/mol. The van der Waals surface area contributed by atoms with Gasteiger partial charge in [0.25, 0.3) is 0 Å². The summed E-state index contributed by atoms with van der Waals surface area (Å²) in [5, 5.41) is 3.19. The molecule has 21 heavy (non-hydrogen) atoms. The topological polar surface area (TPSA) is 73.0 Å². The number of fused-ring (bicyclic) bond motifs is 1. The van der Waals surface area contributed by atoms with Gasteiger partial charge in [-0.05, 0) is 19.3 Å². The number of amides is 3. The molecule has 1 atom stereocenters. The first kappa shape index (κ1) is 14.3. The number of hydrogen-bond acceptors (Lipinski definition) is 4. The molecule has 0 saturated carbocycles. The van der Waals surface area contributed by atoms with Gasteiger partial charge in [-0.1, -0.05) is 0 Å². The van der Waals surface area contributed by atoms with Gasteiger partial charge in [-0.25, -0.2) is 0 Å². The zero-order chi connectivity index (χ0) is 14.8. The molecule has 0 aromatic carbocycles. The minimum absolute atomic E-state index is 0.0209. The van der Waals surface area contributed by atoms with Gasteiger partial charge in [-0.2, -0.15) is 0 Å². The second-order valence-corrected chi connectivity index (χ2v) is 5.92. The van der Waals surface area contributed by atoms with Crippen molar-refractivity contribution in [3.8, 4) is 0 Å². The lowest BCUT2D eigenvalue weighted by Crippen LogP contribution is -2.62. The van der Waals surface area contributed by atoms with Crippen molar-refractivity contribution in [3.63, 3.8) is 0 Å². The minimum Gasteiger partial charge on any atom is -0.339 e. The fourth-order valence-corrected chi connectivity index (χ4v) is 3.34. The summed E-state index contributed by atoms with van der Waals surface area (Å²) in [6, 6.07) is -0.337. The Morgan fingerprint density at radius 2 is 1.90 bits per heavy atom. The summed E-state index contributed by atoms with van der Waals surface area (Å²) in [6.45, 7) is 3.68. The molecule has 0 aromatic heterocycles. The van der Waals surface area contributed by atoms with Gasteiger partial charge in [0.1, 0.15) is 19.1 Å². The van der Waals surface area contributed by atoms with E-state index in [1.807, 2.05) is 0 Å². The van der Waals surface area contributed by atoms with Crippen molar-refractivity contribution in [2.24, 2.45) is 0 Å². The highest BCUT2D eigenvalue weighted by Crippen LogP contribution is 2.23. The van der Waals surface area contributed by atoms with Crippen molar-refractivity contribution in [1.29, 1.82) is 0 Å². The Labute approximate surface area is 124 Å². The molecule has 3 heterocycles. The Bertz CT molecular complexity index is 448. The standard InChI is InChI=1S/C14H22N4O3/c19-12(16-7-4-15-5-8-16)9-17-10-13(20)18-6-2-1-3-11(18)14(17)21/h11,15H,1-10H2. The van der Waals surface area contributed by atoms with Crippen molar-refractivity contribution in [1.82, 2.24) is 20.0 Å². The van der Waals surface area contributed by atoms with Gasteiger partial charge < -0.3 is 20.0 Å². The second kappa shape index (κ2) is 6.01. The molecule has 3 rings (SSSR count). The molecular formula is C14H22N4O3. The van der Waals surface area contributed by atoms with E-state index in [4.69, 9.17) is 0 Å². The maximum Gasteiger partial charge on any atom is 0.246 e. The summed E-state index contributed by atoms with van der Waals surface area (Å²) in [5.41, 5.74) is 0. The molecule has 1 N–H and O–H groups in total. The summed E-state index contributed by atoms with van der Waals surface area (Å²) in [5.74, 6) is -0.132. The second-order valence-electron chi connectivity index (χ2n) is 5.92.